The Morgan fingerprint density at radius 3 is 2.66 bits per heavy atom. The molecule has 1 aromatic carbocycles. The zero-order valence-electron chi connectivity index (χ0n) is 16.5. The third-order valence-electron chi connectivity index (χ3n) is 5.32. The molecule has 0 spiro atoms. The van der Waals surface area contributed by atoms with E-state index >= 15 is 0 Å². The molecule has 0 saturated carbocycles. The van der Waals surface area contributed by atoms with E-state index in [2.05, 4.69) is 39.1 Å². The second kappa shape index (κ2) is 8.55. The molecular weight excluding hydrogens is 366 g/mol. The van der Waals surface area contributed by atoms with Crippen LogP contribution in [-0.2, 0) is 19.5 Å². The van der Waals surface area contributed by atoms with Gasteiger partial charge in [0.05, 0.1) is 17.9 Å². The van der Waals surface area contributed by atoms with Crippen LogP contribution in [0.4, 0.5) is 5.69 Å². The van der Waals surface area contributed by atoms with E-state index in [1.807, 2.05) is 24.1 Å². The van der Waals surface area contributed by atoms with Crippen molar-refractivity contribution >= 4 is 5.69 Å². The molecule has 3 aromatic rings. The Balaban J connectivity index is 1.47. The highest BCUT2D eigenvalue weighted by Crippen LogP contribution is 2.20. The van der Waals surface area contributed by atoms with Gasteiger partial charge in [-0.2, -0.15) is 0 Å². The number of pyridine rings is 1. The maximum Gasteiger partial charge on any atom is 0.255 e. The number of hydrogen-bond donors (Lipinski definition) is 2. The zero-order valence-corrected chi connectivity index (χ0v) is 16.5. The number of aromatic nitrogens is 3. The van der Waals surface area contributed by atoms with Crippen LogP contribution in [0.3, 0.4) is 0 Å². The fraction of sp³-hybridized carbons (Fsp3) is 0.318. The third kappa shape index (κ3) is 4.36. The molecule has 29 heavy (non-hydrogen) atoms. The lowest BCUT2D eigenvalue weighted by Gasteiger charge is -2.28. The topological polar surface area (TPSA) is 85.3 Å². The Morgan fingerprint density at radius 2 is 1.93 bits per heavy atom. The van der Waals surface area contributed by atoms with Crippen molar-refractivity contribution in [2.45, 2.75) is 19.5 Å². The summed E-state index contributed by atoms with van der Waals surface area (Å²) >= 11 is 0. The van der Waals surface area contributed by atoms with Gasteiger partial charge in [-0.25, -0.2) is 4.98 Å². The number of aliphatic hydroxyl groups is 1. The van der Waals surface area contributed by atoms with Crippen LogP contribution in [-0.4, -0.2) is 51.7 Å². The van der Waals surface area contributed by atoms with Gasteiger partial charge in [-0.15, -0.1) is 0 Å². The number of hydrogen-bond acceptors (Lipinski definition) is 6. The number of H-pyrrole nitrogens is 1. The number of rotatable bonds is 6. The molecule has 0 aliphatic carbocycles. The van der Waals surface area contributed by atoms with Gasteiger partial charge in [0, 0.05) is 63.3 Å². The van der Waals surface area contributed by atoms with E-state index in [0.29, 0.717) is 18.9 Å². The number of likely N-dealkylation sites (N-methyl/N-ethyl adjacent to an activating group) is 1. The zero-order chi connectivity index (χ0) is 20.2. The summed E-state index contributed by atoms with van der Waals surface area (Å²) in [5, 5.41) is 9.07. The summed E-state index contributed by atoms with van der Waals surface area (Å²) in [6.07, 6.45) is 4.15. The van der Waals surface area contributed by atoms with Crippen LogP contribution >= 0.6 is 0 Å². The maximum absolute atomic E-state index is 12.7. The van der Waals surface area contributed by atoms with E-state index in [4.69, 9.17) is 10.1 Å². The molecule has 2 N–H and O–H groups in total. The number of aliphatic hydroxyl groups excluding tert-OH is 1. The SMILES string of the molecule is CN(CCO)c1ccc(CN2CCc3nc(-c4ccncc4)[nH]c(=O)c3C2)cc1. The second-order valence-electron chi connectivity index (χ2n) is 7.35. The first-order valence-corrected chi connectivity index (χ1v) is 9.80. The number of benzene rings is 1. The molecule has 150 valence electrons. The summed E-state index contributed by atoms with van der Waals surface area (Å²) in [6.45, 7) is 3.00. The summed E-state index contributed by atoms with van der Waals surface area (Å²) in [6, 6.07) is 12.0. The van der Waals surface area contributed by atoms with Crippen LogP contribution in [0.1, 0.15) is 16.8 Å². The Kier molecular flexibility index (Phi) is 5.69. The van der Waals surface area contributed by atoms with E-state index in [1.54, 1.807) is 12.4 Å². The van der Waals surface area contributed by atoms with Crippen LogP contribution < -0.4 is 10.5 Å². The normalized spacial score (nSPS) is 13.9. The first-order valence-electron chi connectivity index (χ1n) is 9.80. The second-order valence-corrected chi connectivity index (χ2v) is 7.35. The maximum atomic E-state index is 12.7. The van der Waals surface area contributed by atoms with Gasteiger partial charge in [0.2, 0.25) is 0 Å². The minimum absolute atomic E-state index is 0.0625. The predicted octanol–water partition coefficient (Wildman–Crippen LogP) is 1.82. The lowest BCUT2D eigenvalue weighted by molar-refractivity contribution is 0.242. The summed E-state index contributed by atoms with van der Waals surface area (Å²) in [5.41, 5.74) is 4.73. The molecule has 0 bridgehead atoms. The summed E-state index contributed by atoms with van der Waals surface area (Å²) in [5.74, 6) is 0.604. The van der Waals surface area contributed by atoms with Gasteiger partial charge in [0.15, 0.2) is 0 Å². The number of anilines is 1. The molecule has 0 fully saturated rings. The van der Waals surface area contributed by atoms with E-state index in [9.17, 15) is 4.79 Å². The molecule has 0 unspecified atom stereocenters. The molecule has 0 atom stereocenters. The number of nitrogens with one attached hydrogen (secondary N) is 1. The minimum Gasteiger partial charge on any atom is -0.395 e. The monoisotopic (exact) mass is 391 g/mol. The summed E-state index contributed by atoms with van der Waals surface area (Å²) in [7, 11) is 1.96. The molecule has 7 heteroatoms. The molecule has 0 amide bonds. The summed E-state index contributed by atoms with van der Waals surface area (Å²) in [4.78, 5) is 28.6. The molecule has 7 nitrogen and oxygen atoms in total. The Hall–Kier alpha value is -3.03. The number of nitrogens with zero attached hydrogens (tertiary/aromatic N) is 4. The van der Waals surface area contributed by atoms with Gasteiger partial charge < -0.3 is 15.0 Å². The predicted molar refractivity (Wildman–Crippen MR) is 113 cm³/mol. The van der Waals surface area contributed by atoms with Crippen LogP contribution in [0.5, 0.6) is 0 Å². The van der Waals surface area contributed by atoms with Crippen molar-refractivity contribution in [3.8, 4) is 11.4 Å². The third-order valence-corrected chi connectivity index (χ3v) is 5.32. The molecule has 1 aliphatic heterocycles. The van der Waals surface area contributed by atoms with Crippen LogP contribution in [0.15, 0.2) is 53.6 Å². The fourth-order valence-corrected chi connectivity index (χ4v) is 3.66. The van der Waals surface area contributed by atoms with Gasteiger partial charge in [-0.3, -0.25) is 14.7 Å². The molecule has 1 aliphatic rings. The largest absolute Gasteiger partial charge is 0.395 e. The van der Waals surface area contributed by atoms with Crippen molar-refractivity contribution in [1.29, 1.82) is 0 Å². The first-order chi connectivity index (χ1) is 14.1. The average molecular weight is 391 g/mol. The van der Waals surface area contributed by atoms with Crippen LogP contribution in [0.2, 0.25) is 0 Å². The number of aromatic amines is 1. The van der Waals surface area contributed by atoms with Gasteiger partial charge in [0.25, 0.3) is 5.56 Å². The Bertz CT molecular complexity index is 1020. The van der Waals surface area contributed by atoms with E-state index in [0.717, 1.165) is 42.0 Å². The average Bonchev–Trinajstić information content (AvgIpc) is 2.75. The highest BCUT2D eigenvalue weighted by Gasteiger charge is 2.21. The van der Waals surface area contributed by atoms with Crippen molar-refractivity contribution in [3.63, 3.8) is 0 Å². The fourth-order valence-electron chi connectivity index (χ4n) is 3.66. The van der Waals surface area contributed by atoms with Gasteiger partial charge in [0.1, 0.15) is 5.82 Å². The molecule has 3 heterocycles. The number of fused-ring (bicyclic) bond motifs is 1. The standard InChI is InChI=1S/C22H25N5O2/c1-26(12-13-28)18-4-2-16(3-5-18)14-27-11-8-20-19(15-27)22(29)25-21(24-20)17-6-9-23-10-7-17/h2-7,9-10,28H,8,11-15H2,1H3,(H,24,25,29). The Labute approximate surface area is 169 Å². The van der Waals surface area contributed by atoms with Crippen molar-refractivity contribution < 1.29 is 5.11 Å². The first kappa shape index (κ1) is 19.3. The van der Waals surface area contributed by atoms with Crippen molar-refractivity contribution in [2.75, 3.05) is 31.6 Å². The smallest absolute Gasteiger partial charge is 0.255 e. The summed E-state index contributed by atoms with van der Waals surface area (Å²) < 4.78 is 0. The highest BCUT2D eigenvalue weighted by molar-refractivity contribution is 5.54. The quantitative estimate of drug-likeness (QED) is 0.667. The lowest BCUT2D eigenvalue weighted by Crippen LogP contribution is -2.35. The van der Waals surface area contributed by atoms with Crippen molar-refractivity contribution in [3.05, 3.63) is 76.0 Å². The minimum atomic E-state index is -0.0625. The lowest BCUT2D eigenvalue weighted by atomic mass is 10.1. The molecule has 0 radical (unpaired) electrons. The van der Waals surface area contributed by atoms with E-state index in [1.165, 1.54) is 5.56 Å². The molecular formula is C22H25N5O2. The van der Waals surface area contributed by atoms with Gasteiger partial charge >= 0.3 is 0 Å². The Morgan fingerprint density at radius 1 is 1.17 bits per heavy atom. The molecule has 4 rings (SSSR count). The molecule has 2 aromatic heterocycles. The van der Waals surface area contributed by atoms with Gasteiger partial charge in [-0.1, -0.05) is 12.1 Å². The van der Waals surface area contributed by atoms with E-state index < -0.39 is 0 Å². The van der Waals surface area contributed by atoms with Gasteiger partial charge in [-0.05, 0) is 29.8 Å². The van der Waals surface area contributed by atoms with E-state index in [-0.39, 0.29) is 12.2 Å². The van der Waals surface area contributed by atoms with Crippen LogP contribution in [0.25, 0.3) is 11.4 Å². The highest BCUT2D eigenvalue weighted by atomic mass is 16.3. The van der Waals surface area contributed by atoms with Crippen LogP contribution in [0, 0.1) is 0 Å². The van der Waals surface area contributed by atoms with Crippen molar-refractivity contribution in [2.24, 2.45) is 0 Å². The molecule has 0 saturated heterocycles. The van der Waals surface area contributed by atoms with Crippen molar-refractivity contribution in [1.82, 2.24) is 19.9 Å².